The Kier molecular flexibility index (Phi) is 22.4. The molecule has 0 saturated heterocycles. The highest BCUT2D eigenvalue weighted by Crippen LogP contribution is 2.13. The third kappa shape index (κ3) is 22.5. The Morgan fingerprint density at radius 3 is 1.26 bits per heavy atom. The molecule has 2 unspecified atom stereocenters. The van der Waals surface area contributed by atoms with Crippen LogP contribution in [0.3, 0.4) is 0 Å². The van der Waals surface area contributed by atoms with Crippen LogP contribution in [-0.2, 0) is 4.79 Å². The van der Waals surface area contributed by atoms with E-state index in [2.05, 4.69) is 13.8 Å². The molecule has 0 spiro atoms. The molecule has 0 bridgehead atoms. The molecular formula is C27H55NO3. The zero-order valence-electron chi connectivity index (χ0n) is 21.3. The number of hydrogen-bond donors (Lipinski definition) is 2. The van der Waals surface area contributed by atoms with Gasteiger partial charge in [-0.25, -0.2) is 0 Å². The number of carbonyl (C=O) groups is 1. The topological polar surface area (TPSA) is 60.8 Å². The summed E-state index contributed by atoms with van der Waals surface area (Å²) in [6.45, 7) is 7.37. The van der Waals surface area contributed by atoms with Gasteiger partial charge >= 0.3 is 0 Å². The minimum Gasteiger partial charge on any atom is -0.392 e. The lowest BCUT2D eigenvalue weighted by molar-refractivity contribution is -0.118. The summed E-state index contributed by atoms with van der Waals surface area (Å²) in [4.78, 5) is 13.6. The number of unbranched alkanes of at least 4 members (excludes halogenated alkanes) is 14. The molecule has 0 rings (SSSR count). The normalized spacial score (nSPS) is 13.6. The van der Waals surface area contributed by atoms with E-state index in [0.717, 1.165) is 25.7 Å². The molecule has 0 amide bonds. The fourth-order valence-electron chi connectivity index (χ4n) is 4.32. The summed E-state index contributed by atoms with van der Waals surface area (Å²) in [6, 6.07) is 0. The molecular weight excluding hydrogens is 386 g/mol. The van der Waals surface area contributed by atoms with Crippen molar-refractivity contribution in [2.45, 2.75) is 149 Å². The van der Waals surface area contributed by atoms with Gasteiger partial charge in [0, 0.05) is 13.1 Å². The highest BCUT2D eigenvalue weighted by atomic mass is 16.3. The second-order valence-corrected chi connectivity index (χ2v) is 9.73. The van der Waals surface area contributed by atoms with Crippen LogP contribution in [0.15, 0.2) is 0 Å². The second kappa shape index (κ2) is 22.7. The Bertz CT molecular complexity index is 361. The van der Waals surface area contributed by atoms with Crippen molar-refractivity contribution in [3.63, 3.8) is 0 Å². The number of nitrogens with zero attached hydrogens (tertiary/aromatic N) is 1. The lowest BCUT2D eigenvalue weighted by atomic mass is 10.0. The quantitative estimate of drug-likeness (QED) is 0.164. The van der Waals surface area contributed by atoms with Crippen molar-refractivity contribution < 1.29 is 15.0 Å². The average Bonchev–Trinajstić information content (AvgIpc) is 2.71. The maximum atomic E-state index is 11.6. The van der Waals surface area contributed by atoms with Crippen molar-refractivity contribution in [3.05, 3.63) is 0 Å². The summed E-state index contributed by atoms with van der Waals surface area (Å²) in [5.41, 5.74) is 0. The number of ketones is 1. The zero-order chi connectivity index (χ0) is 23.2. The zero-order valence-corrected chi connectivity index (χ0v) is 21.3. The van der Waals surface area contributed by atoms with E-state index in [1.165, 1.54) is 89.9 Å². The van der Waals surface area contributed by atoms with E-state index in [0.29, 0.717) is 19.6 Å². The summed E-state index contributed by atoms with van der Waals surface area (Å²) < 4.78 is 0. The van der Waals surface area contributed by atoms with Crippen LogP contribution in [0.1, 0.15) is 136 Å². The molecule has 0 aromatic rings. The summed E-state index contributed by atoms with van der Waals surface area (Å²) >= 11 is 0. The van der Waals surface area contributed by atoms with Crippen LogP contribution >= 0.6 is 0 Å². The van der Waals surface area contributed by atoms with E-state index < -0.39 is 12.2 Å². The molecule has 0 aromatic heterocycles. The third-order valence-electron chi connectivity index (χ3n) is 6.17. The number of aliphatic hydroxyl groups excluding tert-OH is 2. The van der Waals surface area contributed by atoms with Crippen molar-refractivity contribution in [3.8, 4) is 0 Å². The number of Topliss-reactive ketones (excluding diaryl/α,β-unsaturated/α-hetero) is 1. The lowest BCUT2D eigenvalue weighted by Gasteiger charge is -2.26. The van der Waals surface area contributed by atoms with E-state index in [-0.39, 0.29) is 5.78 Å². The number of rotatable bonds is 24. The van der Waals surface area contributed by atoms with Crippen molar-refractivity contribution in [2.75, 3.05) is 19.6 Å². The Morgan fingerprint density at radius 2 is 0.935 bits per heavy atom. The smallest absolute Gasteiger partial charge is 0.143 e. The van der Waals surface area contributed by atoms with Gasteiger partial charge in [-0.2, -0.15) is 0 Å². The Labute approximate surface area is 194 Å². The van der Waals surface area contributed by atoms with Gasteiger partial charge < -0.3 is 10.2 Å². The highest BCUT2D eigenvalue weighted by molar-refractivity contribution is 5.77. The molecule has 4 nitrogen and oxygen atoms in total. The SMILES string of the molecule is CCCCCCCCCCC(O)CN(CC(C)=O)CC(O)CCCCCCCCCC. The van der Waals surface area contributed by atoms with Gasteiger partial charge in [0.25, 0.3) is 0 Å². The molecule has 186 valence electrons. The molecule has 0 fully saturated rings. The van der Waals surface area contributed by atoms with E-state index in [4.69, 9.17) is 0 Å². The first-order valence-corrected chi connectivity index (χ1v) is 13.6. The molecule has 31 heavy (non-hydrogen) atoms. The van der Waals surface area contributed by atoms with Crippen LogP contribution < -0.4 is 0 Å². The van der Waals surface area contributed by atoms with Crippen LogP contribution in [0.2, 0.25) is 0 Å². The maximum absolute atomic E-state index is 11.6. The van der Waals surface area contributed by atoms with Crippen LogP contribution in [0.4, 0.5) is 0 Å². The van der Waals surface area contributed by atoms with E-state index >= 15 is 0 Å². The monoisotopic (exact) mass is 441 g/mol. The molecule has 2 N–H and O–H groups in total. The highest BCUT2D eigenvalue weighted by Gasteiger charge is 2.17. The van der Waals surface area contributed by atoms with Crippen molar-refractivity contribution in [1.82, 2.24) is 4.90 Å². The predicted octanol–water partition coefficient (Wildman–Crippen LogP) is 6.66. The van der Waals surface area contributed by atoms with E-state index in [1.54, 1.807) is 6.92 Å². The Hall–Kier alpha value is -0.450. The van der Waals surface area contributed by atoms with Gasteiger partial charge in [-0.3, -0.25) is 9.69 Å². The summed E-state index contributed by atoms with van der Waals surface area (Å²) in [7, 11) is 0. The first kappa shape index (κ1) is 30.6. The van der Waals surface area contributed by atoms with Crippen molar-refractivity contribution in [2.24, 2.45) is 0 Å². The van der Waals surface area contributed by atoms with Gasteiger partial charge in [0.15, 0.2) is 0 Å². The first-order chi connectivity index (χ1) is 15.0. The predicted molar refractivity (Wildman–Crippen MR) is 134 cm³/mol. The molecule has 0 aliphatic carbocycles. The minimum absolute atomic E-state index is 0.0959. The Balaban J connectivity index is 3.93. The largest absolute Gasteiger partial charge is 0.392 e. The second-order valence-electron chi connectivity index (χ2n) is 9.73. The summed E-state index contributed by atoms with van der Waals surface area (Å²) in [5, 5.41) is 20.8. The first-order valence-electron chi connectivity index (χ1n) is 13.6. The maximum Gasteiger partial charge on any atom is 0.143 e. The molecule has 0 saturated carbocycles. The van der Waals surface area contributed by atoms with Crippen LogP contribution in [0, 0.1) is 0 Å². The van der Waals surface area contributed by atoms with Crippen LogP contribution in [0.5, 0.6) is 0 Å². The van der Waals surface area contributed by atoms with Gasteiger partial charge in [-0.15, -0.1) is 0 Å². The number of aliphatic hydroxyl groups is 2. The molecule has 0 aliphatic heterocycles. The van der Waals surface area contributed by atoms with Gasteiger partial charge in [0.05, 0.1) is 18.8 Å². The molecule has 4 heteroatoms. The standard InChI is InChI=1S/C27H55NO3/c1-4-6-8-10-12-14-16-18-20-26(30)23-28(22-25(3)29)24-27(31)21-19-17-15-13-11-9-7-5-2/h26-27,30-31H,4-24H2,1-3H3. The van der Waals surface area contributed by atoms with Crippen molar-refractivity contribution in [1.29, 1.82) is 0 Å². The molecule has 0 aliphatic rings. The summed E-state index contributed by atoms with van der Waals surface area (Å²) in [6.07, 6.45) is 20.9. The molecule has 0 heterocycles. The van der Waals surface area contributed by atoms with Gasteiger partial charge in [0.1, 0.15) is 5.78 Å². The molecule has 0 aromatic carbocycles. The lowest BCUT2D eigenvalue weighted by Crippen LogP contribution is -2.40. The van der Waals surface area contributed by atoms with E-state index in [1.807, 2.05) is 4.90 Å². The van der Waals surface area contributed by atoms with Gasteiger partial charge in [-0.05, 0) is 19.8 Å². The van der Waals surface area contributed by atoms with E-state index in [9.17, 15) is 15.0 Å². The summed E-state index contributed by atoms with van der Waals surface area (Å²) in [5.74, 6) is 0.0959. The van der Waals surface area contributed by atoms with Gasteiger partial charge in [0.2, 0.25) is 0 Å². The minimum atomic E-state index is -0.408. The fraction of sp³-hybridized carbons (Fsp3) is 0.963. The third-order valence-corrected chi connectivity index (χ3v) is 6.17. The molecule has 2 atom stereocenters. The number of carbonyl (C=O) groups excluding carboxylic acids is 1. The van der Waals surface area contributed by atoms with Gasteiger partial charge in [-0.1, -0.05) is 117 Å². The van der Waals surface area contributed by atoms with Crippen LogP contribution in [0.25, 0.3) is 0 Å². The number of hydrogen-bond acceptors (Lipinski definition) is 4. The molecule has 0 radical (unpaired) electrons. The van der Waals surface area contributed by atoms with Crippen LogP contribution in [-0.4, -0.2) is 52.7 Å². The Morgan fingerprint density at radius 1 is 0.613 bits per heavy atom. The average molecular weight is 442 g/mol. The fourth-order valence-corrected chi connectivity index (χ4v) is 4.32. The van der Waals surface area contributed by atoms with Crippen molar-refractivity contribution >= 4 is 5.78 Å².